The second-order valence-electron chi connectivity index (χ2n) is 12.1. The Morgan fingerprint density at radius 3 is 2.87 bits per heavy atom. The smallest absolute Gasteiger partial charge is 0.350 e. The molecule has 0 unspecified atom stereocenters. The molecule has 6 rings (SSSR count). The highest BCUT2D eigenvalue weighted by atomic mass is 35.5. The lowest BCUT2D eigenvalue weighted by Gasteiger charge is -2.55. The first-order valence-corrected chi connectivity index (χ1v) is 17.1. The second-order valence-corrected chi connectivity index (χ2v) is 14.0. The Morgan fingerprint density at radius 1 is 1.27 bits per heavy atom. The van der Waals surface area contributed by atoms with Crippen LogP contribution in [0.4, 0.5) is 5.82 Å². The molecule has 45 heavy (non-hydrogen) atoms. The number of terminal acetylenes is 1. The van der Waals surface area contributed by atoms with Gasteiger partial charge >= 0.3 is 7.60 Å². The summed E-state index contributed by atoms with van der Waals surface area (Å²) in [5.41, 5.74) is 0.752. The number of carbonyl (C=O) groups is 1. The number of piperidine rings is 1. The zero-order chi connectivity index (χ0) is 31.8. The molecule has 3 aliphatic heterocycles. The number of carbonyl (C=O) groups excluding carboxylic acids is 1. The third-order valence-corrected chi connectivity index (χ3v) is 9.18. The van der Waals surface area contributed by atoms with E-state index in [-0.39, 0.29) is 29.6 Å². The number of likely N-dealkylation sites (tertiary alicyclic amines) is 1. The van der Waals surface area contributed by atoms with Gasteiger partial charge in [0, 0.05) is 57.2 Å². The summed E-state index contributed by atoms with van der Waals surface area (Å²) in [5, 5.41) is 20.3. The predicted molar refractivity (Wildman–Crippen MR) is 162 cm³/mol. The maximum Gasteiger partial charge on any atom is 0.350 e. The Balaban J connectivity index is 1.10. The van der Waals surface area contributed by atoms with E-state index in [0.29, 0.717) is 48.7 Å². The topological polar surface area (TPSA) is 181 Å². The normalized spacial score (nSPS) is 23.0. The van der Waals surface area contributed by atoms with Crippen molar-refractivity contribution in [2.24, 2.45) is 5.41 Å². The number of amides is 1. The number of aliphatic hydroxyl groups is 1. The Hall–Kier alpha value is -3.09. The van der Waals surface area contributed by atoms with Crippen LogP contribution >= 0.6 is 19.2 Å². The van der Waals surface area contributed by atoms with Gasteiger partial charge in [-0.15, -0.1) is 12.3 Å². The molecule has 0 aliphatic carbocycles. The molecule has 3 fully saturated rings. The summed E-state index contributed by atoms with van der Waals surface area (Å²) in [6, 6.07) is 1.78. The number of anilines is 1. The average molecular weight is 663 g/mol. The van der Waals surface area contributed by atoms with Crippen molar-refractivity contribution in [1.29, 1.82) is 0 Å². The van der Waals surface area contributed by atoms with E-state index in [4.69, 9.17) is 37.3 Å². The summed E-state index contributed by atoms with van der Waals surface area (Å²) in [4.78, 5) is 44.3. The van der Waals surface area contributed by atoms with Crippen LogP contribution in [-0.4, -0.2) is 107 Å². The van der Waals surface area contributed by atoms with E-state index in [1.54, 1.807) is 16.9 Å². The lowest BCUT2D eigenvalue weighted by molar-refractivity contribution is -0.0623. The minimum Gasteiger partial charge on any atom is -0.388 e. The van der Waals surface area contributed by atoms with Crippen LogP contribution in [-0.2, 0) is 20.6 Å². The van der Waals surface area contributed by atoms with Crippen molar-refractivity contribution in [1.82, 2.24) is 34.4 Å². The van der Waals surface area contributed by atoms with Crippen LogP contribution in [0.3, 0.4) is 0 Å². The first kappa shape index (κ1) is 31.9. The maximum absolute atomic E-state index is 13.4. The minimum atomic E-state index is -4.31. The monoisotopic (exact) mass is 662 g/mol. The number of aryl methyl sites for hydroxylation is 1. The zero-order valence-electron chi connectivity index (χ0n) is 24.6. The van der Waals surface area contributed by atoms with Gasteiger partial charge in [0.25, 0.3) is 5.91 Å². The molecule has 0 bridgehead atoms. The molecule has 3 saturated heterocycles. The Bertz CT molecular complexity index is 1630. The summed E-state index contributed by atoms with van der Waals surface area (Å²) in [6.07, 6.45) is 10.2. The molecule has 1 amide bonds. The van der Waals surface area contributed by atoms with Crippen molar-refractivity contribution in [3.05, 3.63) is 29.4 Å². The van der Waals surface area contributed by atoms with E-state index in [9.17, 15) is 14.5 Å². The number of fused-ring (bicyclic) bond motifs is 1. The third-order valence-electron chi connectivity index (χ3n) is 8.49. The lowest BCUT2D eigenvalue weighted by Crippen LogP contribution is -2.64. The number of hydrogen-bond donors (Lipinski definition) is 3. The first-order valence-electron chi connectivity index (χ1n) is 14.9. The van der Waals surface area contributed by atoms with E-state index in [0.717, 1.165) is 38.6 Å². The molecular formula is C28H36ClN8O7P. The fourth-order valence-electron chi connectivity index (χ4n) is 6.49. The number of ether oxygens (including phenoxy) is 2. The summed E-state index contributed by atoms with van der Waals surface area (Å²) < 4.78 is 25.3. The summed E-state index contributed by atoms with van der Waals surface area (Å²) in [6.45, 7) is 3.28. The Morgan fingerprint density at radius 2 is 2.09 bits per heavy atom. The molecule has 3 atom stereocenters. The lowest BCUT2D eigenvalue weighted by atomic mass is 9.73. The number of unbranched alkanes of at least 4 members (excludes halogenated alkanes) is 2. The third kappa shape index (κ3) is 7.02. The maximum atomic E-state index is 13.4. The minimum absolute atomic E-state index is 0.0181. The summed E-state index contributed by atoms with van der Waals surface area (Å²) in [7, 11) is -4.31. The molecule has 0 radical (unpaired) electrons. The van der Waals surface area contributed by atoms with Crippen molar-refractivity contribution >= 4 is 42.0 Å². The van der Waals surface area contributed by atoms with Gasteiger partial charge in [0.05, 0.1) is 24.3 Å². The van der Waals surface area contributed by atoms with Crippen molar-refractivity contribution in [2.45, 2.75) is 63.5 Å². The summed E-state index contributed by atoms with van der Waals surface area (Å²) >= 11 is 6.36. The average Bonchev–Trinajstić information content (AvgIpc) is 3.71. The van der Waals surface area contributed by atoms with Gasteiger partial charge in [-0.05, 0) is 43.4 Å². The number of nitrogens with zero attached hydrogens (tertiary/aromatic N) is 8. The number of aromatic nitrogens is 6. The highest BCUT2D eigenvalue weighted by molar-refractivity contribution is 7.51. The standard InChI is InChI=1S/C28H36ClN8O7P/c1-2-3-4-5-10-36-11-7-21(33-36)25(39)34-9-6-8-28(15-34)16-35(17-28)23-20-13-30-37(24(20)32-27(29)31-23)26-22(38)12-19(44-26)14-43-18-45(40,41)42/h1,7,11,13,19,22,26,38H,3-6,8-10,12,14-18H2,(H2,40,41,42)/t19-,22+,26+/m0/s1. The predicted octanol–water partition coefficient (Wildman–Crippen LogP) is 2.02. The molecule has 242 valence electrons. The number of aliphatic hydroxyl groups excluding tert-OH is 1. The summed E-state index contributed by atoms with van der Waals surface area (Å²) in [5.74, 6) is 3.19. The molecule has 3 N–H and O–H groups in total. The highest BCUT2D eigenvalue weighted by Crippen LogP contribution is 2.43. The molecular weight excluding hydrogens is 627 g/mol. The van der Waals surface area contributed by atoms with Crippen molar-refractivity contribution in [3.8, 4) is 12.3 Å². The molecule has 3 aliphatic rings. The van der Waals surface area contributed by atoms with Crippen LogP contribution in [0.2, 0.25) is 5.28 Å². The molecule has 1 spiro atoms. The van der Waals surface area contributed by atoms with Crippen LogP contribution in [0.1, 0.15) is 55.2 Å². The van der Waals surface area contributed by atoms with E-state index >= 15 is 0 Å². The van der Waals surface area contributed by atoms with Crippen LogP contribution in [0.15, 0.2) is 18.5 Å². The molecule has 6 heterocycles. The fourth-order valence-corrected chi connectivity index (χ4v) is 6.99. The number of rotatable bonds is 11. The van der Waals surface area contributed by atoms with Crippen molar-refractivity contribution in [2.75, 3.05) is 44.0 Å². The molecule has 15 nitrogen and oxygen atoms in total. The zero-order valence-corrected chi connectivity index (χ0v) is 26.3. The van der Waals surface area contributed by atoms with Gasteiger partial charge in [-0.2, -0.15) is 20.2 Å². The van der Waals surface area contributed by atoms with Gasteiger partial charge in [0.2, 0.25) is 5.28 Å². The van der Waals surface area contributed by atoms with Crippen LogP contribution in [0.25, 0.3) is 11.0 Å². The highest BCUT2D eigenvalue weighted by Gasteiger charge is 2.48. The van der Waals surface area contributed by atoms with Crippen molar-refractivity contribution < 1.29 is 33.7 Å². The SMILES string of the molecule is C#CCCCCn1ccc(C(=O)N2CCCC3(C2)CN(c2nc(Cl)nc4c2cnn4[C@@H]2O[C@H](COCP(=O)(O)O)C[C@H]2O)C3)n1. The van der Waals surface area contributed by atoms with Gasteiger partial charge in [-0.25, -0.2) is 4.68 Å². The number of halogens is 1. The van der Waals surface area contributed by atoms with Crippen molar-refractivity contribution in [3.63, 3.8) is 0 Å². The molecule has 3 aromatic rings. The molecule has 3 aromatic heterocycles. The largest absolute Gasteiger partial charge is 0.388 e. The van der Waals surface area contributed by atoms with Gasteiger partial charge in [0.15, 0.2) is 11.9 Å². The molecule has 17 heteroatoms. The van der Waals surface area contributed by atoms with E-state index < -0.39 is 32.4 Å². The Labute approximate surface area is 264 Å². The quantitative estimate of drug-likeness (QED) is 0.118. The van der Waals surface area contributed by atoms with Crippen LogP contribution < -0.4 is 4.90 Å². The first-order chi connectivity index (χ1) is 21.5. The van der Waals surface area contributed by atoms with Gasteiger partial charge < -0.3 is 34.2 Å². The van der Waals surface area contributed by atoms with E-state index in [2.05, 4.69) is 31.0 Å². The van der Waals surface area contributed by atoms with E-state index in [1.807, 2.05) is 11.1 Å². The molecule has 0 saturated carbocycles. The fraction of sp³-hybridized carbons (Fsp3) is 0.607. The van der Waals surface area contributed by atoms with Gasteiger partial charge in [-0.3, -0.25) is 14.0 Å². The van der Waals surface area contributed by atoms with Gasteiger partial charge in [-0.1, -0.05) is 0 Å². The van der Waals surface area contributed by atoms with E-state index in [1.165, 1.54) is 4.68 Å². The van der Waals surface area contributed by atoms with Crippen LogP contribution in [0.5, 0.6) is 0 Å². The van der Waals surface area contributed by atoms with Crippen LogP contribution in [0, 0.1) is 17.8 Å². The van der Waals surface area contributed by atoms with Gasteiger partial charge in [0.1, 0.15) is 24.0 Å². The second kappa shape index (κ2) is 13.0. The number of hydrogen-bond acceptors (Lipinski definition) is 10. The Kier molecular flexibility index (Phi) is 9.18. The molecule has 0 aromatic carbocycles.